The van der Waals surface area contributed by atoms with Gasteiger partial charge in [0.2, 0.25) is 0 Å². The first-order valence-electron chi connectivity index (χ1n) is 11.1. The molecule has 1 atom stereocenters. The predicted octanol–water partition coefficient (Wildman–Crippen LogP) is 3.79. The van der Waals surface area contributed by atoms with Gasteiger partial charge in [0, 0.05) is 30.8 Å². The van der Waals surface area contributed by atoms with Crippen molar-refractivity contribution in [2.75, 3.05) is 19.6 Å². The maximum atomic E-state index is 14.3. The minimum atomic E-state index is -0.626. The fraction of sp³-hybridized carbons (Fsp3) is 0.360. The van der Waals surface area contributed by atoms with Gasteiger partial charge < -0.3 is 10.2 Å². The molecular weight excluding hydrogens is 393 g/mol. The second-order valence-electron chi connectivity index (χ2n) is 8.51. The Bertz CT molecular complexity index is 1050. The topological polar surface area (TPSA) is 52.7 Å². The third kappa shape index (κ3) is 3.26. The summed E-state index contributed by atoms with van der Waals surface area (Å²) in [6, 6.07) is 15.3. The van der Waals surface area contributed by atoms with Crippen LogP contribution in [0.2, 0.25) is 0 Å². The van der Waals surface area contributed by atoms with Crippen LogP contribution in [0.4, 0.5) is 4.39 Å². The molecule has 0 bridgehead atoms. The average Bonchev–Trinajstić information content (AvgIpc) is 2.91. The normalized spacial score (nSPS) is 23.9. The highest BCUT2D eigenvalue weighted by molar-refractivity contribution is 6.12. The summed E-state index contributed by atoms with van der Waals surface area (Å²) in [6.45, 7) is 2.42. The molecule has 0 radical (unpaired) electrons. The predicted molar refractivity (Wildman–Crippen MR) is 116 cm³/mol. The summed E-state index contributed by atoms with van der Waals surface area (Å²) >= 11 is 0. The van der Waals surface area contributed by atoms with E-state index in [0.29, 0.717) is 17.7 Å². The van der Waals surface area contributed by atoms with Gasteiger partial charge in [0.05, 0.1) is 0 Å². The van der Waals surface area contributed by atoms with Crippen LogP contribution in [0.5, 0.6) is 0 Å². The summed E-state index contributed by atoms with van der Waals surface area (Å²) in [5.74, 6) is -0.846. The zero-order valence-corrected chi connectivity index (χ0v) is 17.4. The Morgan fingerprint density at radius 1 is 0.935 bits per heavy atom. The highest BCUT2D eigenvalue weighted by Crippen LogP contribution is 2.49. The molecule has 2 fully saturated rings. The maximum Gasteiger partial charge on any atom is 0.272 e. The van der Waals surface area contributed by atoms with Gasteiger partial charge in [-0.05, 0) is 55.5 Å². The van der Waals surface area contributed by atoms with Gasteiger partial charge in [-0.15, -0.1) is 0 Å². The standard InChI is InChI=1S/C25H26FN3O2/c26-20-12-7-11-19(17-20)21-22(27-23(30)18-9-3-1-4-10-18)24(31)29-16-8-15-28-14-6-2-5-13-25(21,28)29/h1,3-4,7,9-12,17H,2,5-6,8,13-16H2,(H,27,30). The number of benzene rings is 2. The lowest BCUT2D eigenvalue weighted by Crippen LogP contribution is -2.63. The Kier molecular flexibility index (Phi) is 5.10. The second kappa shape index (κ2) is 7.93. The molecule has 3 heterocycles. The SMILES string of the molecule is O=C(NC1=C(c2cccc(F)c2)C23CCCCCN2CCCN3C1=O)c1ccccc1. The highest BCUT2D eigenvalue weighted by Gasteiger charge is 2.57. The van der Waals surface area contributed by atoms with Crippen molar-refractivity contribution in [1.82, 2.24) is 15.1 Å². The van der Waals surface area contributed by atoms with Gasteiger partial charge in [-0.3, -0.25) is 14.5 Å². The number of rotatable bonds is 3. The van der Waals surface area contributed by atoms with Crippen LogP contribution in [-0.4, -0.2) is 46.9 Å². The average molecular weight is 420 g/mol. The van der Waals surface area contributed by atoms with Gasteiger partial charge in [0.1, 0.15) is 17.2 Å². The molecular formula is C25H26FN3O2. The number of amides is 2. The fourth-order valence-corrected chi connectivity index (χ4v) is 5.44. The Morgan fingerprint density at radius 3 is 2.55 bits per heavy atom. The van der Waals surface area contributed by atoms with Crippen molar-refractivity contribution in [3.05, 3.63) is 77.2 Å². The van der Waals surface area contributed by atoms with Crippen LogP contribution in [0.25, 0.3) is 5.57 Å². The van der Waals surface area contributed by atoms with Crippen molar-refractivity contribution in [2.45, 2.75) is 37.8 Å². The van der Waals surface area contributed by atoms with Gasteiger partial charge in [-0.2, -0.15) is 0 Å². The summed E-state index contributed by atoms with van der Waals surface area (Å²) in [5, 5.41) is 2.92. The highest BCUT2D eigenvalue weighted by atomic mass is 19.1. The third-order valence-electron chi connectivity index (χ3n) is 6.73. The summed E-state index contributed by atoms with van der Waals surface area (Å²) in [6.07, 6.45) is 4.84. The van der Waals surface area contributed by atoms with Crippen molar-refractivity contribution in [1.29, 1.82) is 0 Å². The zero-order valence-electron chi connectivity index (χ0n) is 17.4. The Balaban J connectivity index is 1.68. The minimum absolute atomic E-state index is 0.171. The van der Waals surface area contributed by atoms with Gasteiger partial charge in [-0.1, -0.05) is 36.8 Å². The van der Waals surface area contributed by atoms with Gasteiger partial charge in [0.25, 0.3) is 11.8 Å². The summed E-state index contributed by atoms with van der Waals surface area (Å²) in [4.78, 5) is 31.0. The van der Waals surface area contributed by atoms with E-state index < -0.39 is 5.66 Å². The molecule has 0 aromatic heterocycles. The third-order valence-corrected chi connectivity index (χ3v) is 6.73. The first kappa shape index (κ1) is 19.9. The molecule has 1 N–H and O–H groups in total. The lowest BCUT2D eigenvalue weighted by Gasteiger charge is -2.51. The number of hydrogen-bond donors (Lipinski definition) is 1. The number of hydrogen-bond acceptors (Lipinski definition) is 3. The maximum absolute atomic E-state index is 14.3. The second-order valence-corrected chi connectivity index (χ2v) is 8.51. The van der Waals surface area contributed by atoms with Crippen LogP contribution in [0.3, 0.4) is 0 Å². The van der Waals surface area contributed by atoms with Gasteiger partial charge in [0.15, 0.2) is 0 Å². The van der Waals surface area contributed by atoms with E-state index in [1.165, 1.54) is 12.1 Å². The molecule has 3 aliphatic heterocycles. The van der Waals surface area contributed by atoms with E-state index >= 15 is 0 Å². The summed E-state index contributed by atoms with van der Waals surface area (Å²) < 4.78 is 14.3. The Morgan fingerprint density at radius 2 is 1.74 bits per heavy atom. The Labute approximate surface area is 181 Å². The van der Waals surface area contributed by atoms with E-state index in [2.05, 4.69) is 10.2 Å². The molecule has 2 amide bonds. The molecule has 5 rings (SSSR count). The molecule has 0 saturated carbocycles. The quantitative estimate of drug-likeness (QED) is 0.824. The van der Waals surface area contributed by atoms with Gasteiger partial charge >= 0.3 is 0 Å². The number of carbonyl (C=O) groups is 2. The van der Waals surface area contributed by atoms with E-state index in [4.69, 9.17) is 0 Å². The molecule has 160 valence electrons. The molecule has 31 heavy (non-hydrogen) atoms. The van der Waals surface area contributed by atoms with E-state index in [-0.39, 0.29) is 23.3 Å². The molecule has 0 aliphatic carbocycles. The summed E-state index contributed by atoms with van der Waals surface area (Å²) in [7, 11) is 0. The Hall–Kier alpha value is -2.99. The molecule has 2 aromatic carbocycles. The first-order valence-corrected chi connectivity index (χ1v) is 11.1. The lowest BCUT2D eigenvalue weighted by molar-refractivity contribution is -0.139. The van der Waals surface area contributed by atoms with Crippen LogP contribution in [0, 0.1) is 5.82 Å². The van der Waals surface area contributed by atoms with E-state index in [9.17, 15) is 14.0 Å². The van der Waals surface area contributed by atoms with Crippen LogP contribution in [0.1, 0.15) is 48.0 Å². The largest absolute Gasteiger partial charge is 0.317 e. The van der Waals surface area contributed by atoms with Crippen molar-refractivity contribution in [2.24, 2.45) is 0 Å². The number of nitrogens with one attached hydrogen (secondary N) is 1. The smallest absolute Gasteiger partial charge is 0.272 e. The van der Waals surface area contributed by atoms with Crippen molar-refractivity contribution >= 4 is 17.4 Å². The van der Waals surface area contributed by atoms with Crippen molar-refractivity contribution in [3.63, 3.8) is 0 Å². The van der Waals surface area contributed by atoms with Crippen LogP contribution < -0.4 is 5.32 Å². The monoisotopic (exact) mass is 419 g/mol. The number of carbonyl (C=O) groups excluding carboxylic acids is 2. The molecule has 2 saturated heterocycles. The molecule has 1 spiro atoms. The number of nitrogens with zero attached hydrogens (tertiary/aromatic N) is 2. The molecule has 5 nitrogen and oxygen atoms in total. The van der Waals surface area contributed by atoms with Crippen molar-refractivity contribution < 1.29 is 14.0 Å². The molecule has 2 aromatic rings. The van der Waals surface area contributed by atoms with E-state index in [1.54, 1.807) is 30.3 Å². The first-order chi connectivity index (χ1) is 15.1. The zero-order chi connectivity index (χ0) is 21.4. The van der Waals surface area contributed by atoms with Crippen LogP contribution >= 0.6 is 0 Å². The van der Waals surface area contributed by atoms with E-state index in [1.807, 2.05) is 17.0 Å². The minimum Gasteiger partial charge on any atom is -0.317 e. The lowest BCUT2D eigenvalue weighted by atomic mass is 9.86. The number of halogens is 1. The molecule has 1 unspecified atom stereocenters. The van der Waals surface area contributed by atoms with E-state index in [0.717, 1.165) is 50.8 Å². The molecule has 6 heteroatoms. The van der Waals surface area contributed by atoms with Crippen LogP contribution in [0.15, 0.2) is 60.3 Å². The van der Waals surface area contributed by atoms with Gasteiger partial charge in [-0.25, -0.2) is 4.39 Å². The van der Waals surface area contributed by atoms with Crippen LogP contribution in [-0.2, 0) is 4.79 Å². The fourth-order valence-electron chi connectivity index (χ4n) is 5.44. The molecule has 3 aliphatic rings. The summed E-state index contributed by atoms with van der Waals surface area (Å²) in [5.41, 5.74) is 1.55. The van der Waals surface area contributed by atoms with Crippen molar-refractivity contribution in [3.8, 4) is 0 Å².